The summed E-state index contributed by atoms with van der Waals surface area (Å²) in [6.45, 7) is 2.94. The quantitative estimate of drug-likeness (QED) is 0.426. The monoisotopic (exact) mass is 304 g/mol. The summed E-state index contributed by atoms with van der Waals surface area (Å²) < 4.78 is 22.3. The number of ether oxygens (including phenoxy) is 2. The first-order valence-electron chi connectivity index (χ1n) is 4.05. The highest BCUT2D eigenvalue weighted by atomic mass is 127. The van der Waals surface area contributed by atoms with E-state index in [0.717, 1.165) is 0 Å². The summed E-state index contributed by atoms with van der Waals surface area (Å²) in [6, 6.07) is 0. The fourth-order valence-electron chi connectivity index (χ4n) is 0.762. The Bertz CT molecular complexity index is 154. The van der Waals surface area contributed by atoms with Gasteiger partial charge in [0.15, 0.2) is 6.17 Å². The summed E-state index contributed by atoms with van der Waals surface area (Å²) in [7, 11) is 1.18. The molecule has 0 radical (unpaired) electrons. The molecule has 0 aromatic rings. The summed E-state index contributed by atoms with van der Waals surface area (Å²) in [4.78, 5) is 10.7. The van der Waals surface area contributed by atoms with Crippen LogP contribution in [0.5, 0.6) is 0 Å². The summed E-state index contributed by atoms with van der Waals surface area (Å²) in [5.41, 5.74) is 0. The number of hydrogen-bond donors (Lipinski definition) is 0. The highest BCUT2D eigenvalue weighted by molar-refractivity contribution is 14.1. The molecule has 0 aliphatic rings. The van der Waals surface area contributed by atoms with Crippen LogP contribution in [0.1, 0.15) is 13.3 Å². The molecule has 13 heavy (non-hydrogen) atoms. The van der Waals surface area contributed by atoms with E-state index in [2.05, 4.69) is 27.3 Å². The number of methoxy groups -OCH3 is 1. The average molecular weight is 304 g/mol. The number of carbonyl (C=O) groups excluding carboxylic acids is 1. The van der Waals surface area contributed by atoms with E-state index in [1.54, 1.807) is 0 Å². The van der Waals surface area contributed by atoms with Gasteiger partial charge < -0.3 is 9.47 Å². The number of carbonyl (C=O) groups is 1. The summed E-state index contributed by atoms with van der Waals surface area (Å²) in [5.74, 6) is -0.807. The lowest BCUT2D eigenvalue weighted by Crippen LogP contribution is -2.23. The third-order valence-corrected chi connectivity index (χ3v) is 2.29. The molecular weight excluding hydrogens is 290 g/mol. The van der Waals surface area contributed by atoms with Crippen LogP contribution in [0.25, 0.3) is 0 Å². The van der Waals surface area contributed by atoms with Crippen LogP contribution in [0.2, 0.25) is 0 Å². The van der Waals surface area contributed by atoms with Crippen molar-refractivity contribution in [1.82, 2.24) is 0 Å². The van der Waals surface area contributed by atoms with Gasteiger partial charge in [0.2, 0.25) is 0 Å². The second-order valence-corrected chi connectivity index (χ2v) is 4.24. The molecule has 2 atom stereocenters. The first-order valence-corrected chi connectivity index (χ1v) is 5.30. The van der Waals surface area contributed by atoms with Crippen molar-refractivity contribution in [3.8, 4) is 0 Å². The van der Waals surface area contributed by atoms with Crippen LogP contribution in [-0.2, 0) is 14.3 Å². The van der Waals surface area contributed by atoms with E-state index in [0.29, 0.717) is 13.2 Å². The Morgan fingerprint density at radius 3 is 2.69 bits per heavy atom. The molecule has 0 bridgehead atoms. The maximum absolute atomic E-state index is 12.9. The third-order valence-electron chi connectivity index (χ3n) is 1.42. The zero-order valence-corrected chi connectivity index (χ0v) is 9.91. The van der Waals surface area contributed by atoms with Gasteiger partial charge in [0, 0.05) is 17.0 Å². The Kier molecular flexibility index (Phi) is 7.54. The zero-order chi connectivity index (χ0) is 10.3. The van der Waals surface area contributed by atoms with Crippen LogP contribution in [0.3, 0.4) is 0 Å². The minimum atomic E-state index is -1.53. The molecule has 0 rings (SSSR count). The van der Waals surface area contributed by atoms with Gasteiger partial charge in [-0.15, -0.1) is 0 Å². The van der Waals surface area contributed by atoms with Crippen LogP contribution >= 0.6 is 22.6 Å². The lowest BCUT2D eigenvalue weighted by Gasteiger charge is -2.11. The van der Waals surface area contributed by atoms with E-state index in [4.69, 9.17) is 4.74 Å². The second kappa shape index (κ2) is 7.49. The lowest BCUT2D eigenvalue weighted by molar-refractivity contribution is -0.146. The zero-order valence-electron chi connectivity index (χ0n) is 7.76. The molecule has 0 spiro atoms. The van der Waals surface area contributed by atoms with Crippen LogP contribution in [0, 0.1) is 0 Å². The molecule has 78 valence electrons. The van der Waals surface area contributed by atoms with Crippen molar-refractivity contribution in [3.05, 3.63) is 0 Å². The number of halogens is 2. The lowest BCUT2D eigenvalue weighted by atomic mass is 10.2. The Hall–Kier alpha value is 0.0900. The molecule has 0 saturated carbocycles. The number of alkyl halides is 2. The molecule has 0 fully saturated rings. The number of hydrogen-bond acceptors (Lipinski definition) is 3. The van der Waals surface area contributed by atoms with Crippen molar-refractivity contribution in [2.24, 2.45) is 0 Å². The Labute approximate surface area is 91.1 Å². The first-order chi connectivity index (χ1) is 6.11. The normalized spacial score (nSPS) is 15.1. The highest BCUT2D eigenvalue weighted by Gasteiger charge is 2.21. The van der Waals surface area contributed by atoms with Gasteiger partial charge in [0.1, 0.15) is 0 Å². The van der Waals surface area contributed by atoms with Crippen LogP contribution in [-0.4, -0.2) is 36.4 Å². The largest absolute Gasteiger partial charge is 0.467 e. The van der Waals surface area contributed by atoms with Crippen molar-refractivity contribution in [2.75, 3.05) is 20.3 Å². The SMILES string of the molecule is CCOCC(I)CC(F)C(=O)OC. The van der Waals surface area contributed by atoms with E-state index in [-0.39, 0.29) is 10.3 Å². The molecule has 0 aromatic carbocycles. The van der Waals surface area contributed by atoms with Crippen LogP contribution in [0.4, 0.5) is 4.39 Å². The molecule has 0 aliphatic heterocycles. The van der Waals surface area contributed by atoms with E-state index in [9.17, 15) is 9.18 Å². The molecule has 2 unspecified atom stereocenters. The van der Waals surface area contributed by atoms with Crippen molar-refractivity contribution in [2.45, 2.75) is 23.4 Å². The Morgan fingerprint density at radius 1 is 1.62 bits per heavy atom. The third kappa shape index (κ3) is 6.20. The van der Waals surface area contributed by atoms with Crippen molar-refractivity contribution >= 4 is 28.6 Å². The smallest absolute Gasteiger partial charge is 0.340 e. The van der Waals surface area contributed by atoms with Crippen LogP contribution in [0.15, 0.2) is 0 Å². The Morgan fingerprint density at radius 2 is 2.23 bits per heavy atom. The van der Waals surface area contributed by atoms with Gasteiger partial charge in [-0.05, 0) is 6.92 Å². The van der Waals surface area contributed by atoms with E-state index in [1.165, 1.54) is 7.11 Å². The van der Waals surface area contributed by atoms with Crippen molar-refractivity contribution < 1.29 is 18.7 Å². The topological polar surface area (TPSA) is 35.5 Å². The van der Waals surface area contributed by atoms with Gasteiger partial charge in [-0.1, -0.05) is 22.6 Å². The molecule has 0 N–H and O–H groups in total. The molecule has 0 amide bonds. The second-order valence-electron chi connectivity index (χ2n) is 2.48. The molecule has 0 aromatic heterocycles. The van der Waals surface area contributed by atoms with Gasteiger partial charge in [0.25, 0.3) is 0 Å². The fraction of sp³-hybridized carbons (Fsp3) is 0.875. The molecule has 0 heterocycles. The number of rotatable bonds is 6. The maximum atomic E-state index is 12.9. The minimum absolute atomic E-state index is 0.00616. The first kappa shape index (κ1) is 13.1. The highest BCUT2D eigenvalue weighted by Crippen LogP contribution is 2.13. The predicted molar refractivity (Wildman–Crippen MR) is 55.8 cm³/mol. The summed E-state index contributed by atoms with van der Waals surface area (Å²) in [5, 5.41) is 0. The van der Waals surface area contributed by atoms with Gasteiger partial charge in [0.05, 0.1) is 13.7 Å². The summed E-state index contributed by atoms with van der Waals surface area (Å²) >= 11 is 2.06. The molecule has 3 nitrogen and oxygen atoms in total. The standard InChI is InChI=1S/C8H14FIO3/c1-3-13-5-6(10)4-7(9)8(11)12-2/h6-7H,3-5H2,1-2H3. The molecule has 0 aliphatic carbocycles. The van der Waals surface area contributed by atoms with E-state index in [1.807, 2.05) is 6.92 Å². The predicted octanol–water partition coefficient (Wildman–Crippen LogP) is 1.73. The Balaban J connectivity index is 3.64. The number of esters is 1. The van der Waals surface area contributed by atoms with Crippen LogP contribution < -0.4 is 0 Å². The van der Waals surface area contributed by atoms with Crippen molar-refractivity contribution in [3.63, 3.8) is 0 Å². The van der Waals surface area contributed by atoms with Gasteiger partial charge >= 0.3 is 5.97 Å². The molecule has 5 heteroatoms. The maximum Gasteiger partial charge on any atom is 0.340 e. The van der Waals surface area contributed by atoms with E-state index < -0.39 is 12.1 Å². The van der Waals surface area contributed by atoms with Crippen molar-refractivity contribution in [1.29, 1.82) is 0 Å². The molecule has 0 saturated heterocycles. The average Bonchev–Trinajstić information content (AvgIpc) is 2.13. The fourth-order valence-corrected chi connectivity index (χ4v) is 1.46. The van der Waals surface area contributed by atoms with Gasteiger partial charge in [-0.2, -0.15) is 0 Å². The van der Waals surface area contributed by atoms with Gasteiger partial charge in [-0.25, -0.2) is 9.18 Å². The molecular formula is C8H14FIO3. The minimum Gasteiger partial charge on any atom is -0.467 e. The summed E-state index contributed by atoms with van der Waals surface area (Å²) in [6.07, 6.45) is -1.39. The van der Waals surface area contributed by atoms with Gasteiger partial charge in [-0.3, -0.25) is 0 Å². The van der Waals surface area contributed by atoms with E-state index >= 15 is 0 Å².